The molecule has 2 aromatic carbocycles. The van der Waals surface area contributed by atoms with E-state index < -0.39 is 6.04 Å². The second-order valence-corrected chi connectivity index (χ2v) is 5.54. The van der Waals surface area contributed by atoms with Gasteiger partial charge in [-0.3, -0.25) is 4.79 Å². The predicted octanol–water partition coefficient (Wildman–Crippen LogP) is 2.91. The summed E-state index contributed by atoms with van der Waals surface area (Å²) in [6.45, 7) is 3.67. The average Bonchev–Trinajstić information content (AvgIpc) is 2.63. The lowest BCUT2D eigenvalue weighted by atomic mass is 10.1. The smallest absolute Gasteiger partial charge is 0.262 e. The van der Waals surface area contributed by atoms with Crippen molar-refractivity contribution in [1.82, 2.24) is 5.43 Å². The first-order valence-corrected chi connectivity index (χ1v) is 7.93. The molecule has 0 saturated heterocycles. The van der Waals surface area contributed by atoms with Crippen molar-refractivity contribution in [2.75, 3.05) is 5.32 Å². The molecular formula is C19H20N4O2. The van der Waals surface area contributed by atoms with E-state index in [0.717, 1.165) is 5.56 Å². The highest BCUT2D eigenvalue weighted by Gasteiger charge is 2.15. The van der Waals surface area contributed by atoms with Crippen LogP contribution in [0.3, 0.4) is 0 Å². The van der Waals surface area contributed by atoms with E-state index in [1.165, 1.54) is 6.21 Å². The van der Waals surface area contributed by atoms with Crippen LogP contribution in [0, 0.1) is 18.3 Å². The number of amides is 1. The molecule has 1 atom stereocenters. The molecule has 2 aromatic rings. The largest absolute Gasteiger partial charge is 0.507 e. The van der Waals surface area contributed by atoms with Crippen LogP contribution in [0.25, 0.3) is 0 Å². The zero-order valence-corrected chi connectivity index (χ0v) is 14.2. The maximum absolute atomic E-state index is 12.3. The third-order valence-electron chi connectivity index (χ3n) is 3.70. The van der Waals surface area contributed by atoms with Crippen LogP contribution in [0.5, 0.6) is 5.75 Å². The van der Waals surface area contributed by atoms with Crippen molar-refractivity contribution in [1.29, 1.82) is 5.26 Å². The number of aromatic hydroxyl groups is 1. The number of para-hydroxylation sites is 1. The minimum Gasteiger partial charge on any atom is -0.507 e. The molecule has 0 aliphatic rings. The van der Waals surface area contributed by atoms with Gasteiger partial charge in [-0.05, 0) is 43.2 Å². The van der Waals surface area contributed by atoms with Gasteiger partial charge in [-0.25, -0.2) is 5.43 Å². The van der Waals surface area contributed by atoms with Crippen molar-refractivity contribution in [3.05, 3.63) is 59.2 Å². The molecule has 2 rings (SSSR count). The Kier molecular flexibility index (Phi) is 6.13. The first kappa shape index (κ1) is 18.0. The van der Waals surface area contributed by atoms with Crippen molar-refractivity contribution < 1.29 is 9.90 Å². The summed E-state index contributed by atoms with van der Waals surface area (Å²) in [5.41, 5.74) is 4.95. The molecule has 0 heterocycles. The highest BCUT2D eigenvalue weighted by Crippen LogP contribution is 2.19. The summed E-state index contributed by atoms with van der Waals surface area (Å²) in [6.07, 6.45) is 1.96. The highest BCUT2D eigenvalue weighted by molar-refractivity contribution is 5.88. The molecule has 1 amide bonds. The summed E-state index contributed by atoms with van der Waals surface area (Å²) in [7, 11) is 0. The zero-order chi connectivity index (χ0) is 18.2. The van der Waals surface area contributed by atoms with Gasteiger partial charge in [-0.15, -0.1) is 0 Å². The van der Waals surface area contributed by atoms with E-state index in [1.807, 2.05) is 6.92 Å². The van der Waals surface area contributed by atoms with Gasteiger partial charge in [0.05, 0.1) is 17.8 Å². The van der Waals surface area contributed by atoms with Crippen molar-refractivity contribution in [3.8, 4) is 11.8 Å². The number of carbonyl (C=O) groups excluding carboxylic acids is 1. The Morgan fingerprint density at radius 1 is 1.36 bits per heavy atom. The molecule has 6 heteroatoms. The van der Waals surface area contributed by atoms with Gasteiger partial charge in [-0.1, -0.05) is 25.1 Å². The molecule has 0 aliphatic heterocycles. The molecule has 1 unspecified atom stereocenters. The van der Waals surface area contributed by atoms with Crippen LogP contribution in [-0.4, -0.2) is 23.3 Å². The maximum atomic E-state index is 12.3. The molecule has 6 nitrogen and oxygen atoms in total. The Bertz CT molecular complexity index is 824. The van der Waals surface area contributed by atoms with Crippen LogP contribution < -0.4 is 10.7 Å². The molecular weight excluding hydrogens is 316 g/mol. The molecule has 25 heavy (non-hydrogen) atoms. The van der Waals surface area contributed by atoms with Gasteiger partial charge in [0.2, 0.25) is 0 Å². The van der Waals surface area contributed by atoms with E-state index in [4.69, 9.17) is 5.26 Å². The van der Waals surface area contributed by atoms with Crippen LogP contribution in [0.15, 0.2) is 47.6 Å². The minimum absolute atomic E-state index is 0.138. The van der Waals surface area contributed by atoms with E-state index in [0.29, 0.717) is 23.2 Å². The number of anilines is 1. The topological polar surface area (TPSA) is 97.5 Å². The second-order valence-electron chi connectivity index (χ2n) is 5.54. The molecule has 0 saturated carbocycles. The number of carbonyl (C=O) groups is 1. The first-order valence-electron chi connectivity index (χ1n) is 7.93. The molecule has 128 valence electrons. The zero-order valence-electron chi connectivity index (χ0n) is 14.2. The van der Waals surface area contributed by atoms with Crippen LogP contribution in [0.2, 0.25) is 0 Å². The number of rotatable bonds is 6. The fourth-order valence-electron chi connectivity index (χ4n) is 2.26. The summed E-state index contributed by atoms with van der Waals surface area (Å²) in [4.78, 5) is 12.3. The number of nitrogens with one attached hydrogen (secondary N) is 2. The van der Waals surface area contributed by atoms with Gasteiger partial charge in [0, 0.05) is 11.3 Å². The van der Waals surface area contributed by atoms with Gasteiger partial charge >= 0.3 is 0 Å². The van der Waals surface area contributed by atoms with Gasteiger partial charge in [-0.2, -0.15) is 10.4 Å². The fourth-order valence-corrected chi connectivity index (χ4v) is 2.26. The minimum atomic E-state index is -0.489. The summed E-state index contributed by atoms with van der Waals surface area (Å²) in [5.74, 6) is -0.160. The number of hydrogen-bond donors (Lipinski definition) is 3. The van der Waals surface area contributed by atoms with E-state index in [-0.39, 0.29) is 11.7 Å². The number of aryl methyl sites for hydroxylation is 1. The number of hydrazone groups is 1. The SMILES string of the molecule is CCC(Nc1cccc(C#N)c1)C(=O)NN=Cc1cccc(C)c1O. The van der Waals surface area contributed by atoms with E-state index >= 15 is 0 Å². The van der Waals surface area contributed by atoms with Gasteiger partial charge in [0.25, 0.3) is 5.91 Å². The monoisotopic (exact) mass is 336 g/mol. The molecule has 0 radical (unpaired) electrons. The molecule has 0 fully saturated rings. The Morgan fingerprint density at radius 2 is 2.12 bits per heavy atom. The van der Waals surface area contributed by atoms with Crippen LogP contribution in [0.4, 0.5) is 5.69 Å². The standard InChI is InChI=1S/C19H20N4O2/c1-3-17(22-16-9-5-7-14(10-16)11-20)19(25)23-21-12-15-8-4-6-13(2)18(15)24/h4-10,12,17,22,24H,3H2,1-2H3,(H,23,25). The maximum Gasteiger partial charge on any atom is 0.262 e. The number of nitrogens with zero attached hydrogens (tertiary/aromatic N) is 2. The third-order valence-corrected chi connectivity index (χ3v) is 3.70. The third kappa shape index (κ3) is 4.82. The second kappa shape index (κ2) is 8.50. The molecule has 0 bridgehead atoms. The van der Waals surface area contributed by atoms with Crippen LogP contribution >= 0.6 is 0 Å². The number of benzene rings is 2. The van der Waals surface area contributed by atoms with Gasteiger partial charge < -0.3 is 10.4 Å². The lowest BCUT2D eigenvalue weighted by molar-refractivity contribution is -0.121. The molecule has 0 aliphatic carbocycles. The van der Waals surface area contributed by atoms with Crippen LogP contribution in [0.1, 0.15) is 30.0 Å². The normalized spacial score (nSPS) is 11.7. The Morgan fingerprint density at radius 3 is 2.84 bits per heavy atom. The summed E-state index contributed by atoms with van der Waals surface area (Å²) in [6, 6.07) is 13.8. The van der Waals surface area contributed by atoms with Gasteiger partial charge in [0.15, 0.2) is 0 Å². The Balaban J connectivity index is 2.01. The van der Waals surface area contributed by atoms with E-state index in [9.17, 15) is 9.90 Å². The molecule has 0 spiro atoms. The lowest BCUT2D eigenvalue weighted by Gasteiger charge is -2.16. The summed E-state index contributed by atoms with van der Waals surface area (Å²) in [5, 5.41) is 25.8. The Hall–Kier alpha value is -3.33. The lowest BCUT2D eigenvalue weighted by Crippen LogP contribution is -2.36. The Labute approximate surface area is 146 Å². The van der Waals surface area contributed by atoms with Gasteiger partial charge in [0.1, 0.15) is 11.8 Å². The van der Waals surface area contributed by atoms with E-state index in [1.54, 1.807) is 49.4 Å². The summed E-state index contributed by atoms with van der Waals surface area (Å²) >= 11 is 0. The van der Waals surface area contributed by atoms with E-state index in [2.05, 4.69) is 21.9 Å². The fraction of sp³-hybridized carbons (Fsp3) is 0.211. The van der Waals surface area contributed by atoms with Crippen LogP contribution in [-0.2, 0) is 4.79 Å². The number of phenolic OH excluding ortho intramolecular Hbond substituents is 1. The quantitative estimate of drug-likeness (QED) is 0.558. The van der Waals surface area contributed by atoms with Crippen molar-refractivity contribution >= 4 is 17.8 Å². The first-order chi connectivity index (χ1) is 12.0. The molecule has 0 aromatic heterocycles. The van der Waals surface area contributed by atoms with Crippen molar-refractivity contribution in [3.63, 3.8) is 0 Å². The van der Waals surface area contributed by atoms with Crippen molar-refractivity contribution in [2.45, 2.75) is 26.3 Å². The number of nitriles is 1. The molecule has 3 N–H and O–H groups in total. The number of phenols is 1. The average molecular weight is 336 g/mol. The number of hydrogen-bond acceptors (Lipinski definition) is 5. The van der Waals surface area contributed by atoms with Crippen molar-refractivity contribution in [2.24, 2.45) is 5.10 Å². The summed E-state index contributed by atoms with van der Waals surface area (Å²) < 4.78 is 0. The highest BCUT2D eigenvalue weighted by atomic mass is 16.3. The predicted molar refractivity (Wildman–Crippen MR) is 97.4 cm³/mol.